The van der Waals surface area contributed by atoms with E-state index in [2.05, 4.69) is 51.2 Å². The molecule has 0 fully saturated rings. The van der Waals surface area contributed by atoms with Crippen LogP contribution in [0.3, 0.4) is 0 Å². The molecule has 0 aliphatic heterocycles. The van der Waals surface area contributed by atoms with Gasteiger partial charge in [-0.2, -0.15) is 4.99 Å². The van der Waals surface area contributed by atoms with Crippen molar-refractivity contribution in [2.45, 2.75) is 130 Å². The molecule has 0 radical (unpaired) electrons. The van der Waals surface area contributed by atoms with Crippen molar-refractivity contribution in [3.05, 3.63) is 81.4 Å². The normalized spacial score (nSPS) is 11.7. The number of hydrogen-bond donors (Lipinski definition) is 8. The lowest BCUT2D eigenvalue weighted by Gasteiger charge is -2.20. The third-order valence-electron chi connectivity index (χ3n) is 11.6. The Kier molecular flexibility index (Phi) is 31.2. The van der Waals surface area contributed by atoms with Crippen molar-refractivity contribution >= 4 is 94.3 Å². The summed E-state index contributed by atoms with van der Waals surface area (Å²) in [6.07, 6.45) is 5.36. The van der Waals surface area contributed by atoms with E-state index in [1.807, 2.05) is 48.5 Å². The highest BCUT2D eigenvalue weighted by atomic mass is 35.5. The molecule has 88 heavy (non-hydrogen) atoms. The molecule has 4 rings (SSSR count). The van der Waals surface area contributed by atoms with Crippen LogP contribution in [0.4, 0.5) is 37.7 Å². The Morgan fingerprint density at radius 3 is 1.55 bits per heavy atom. The summed E-state index contributed by atoms with van der Waals surface area (Å²) in [4.78, 5) is 98.8. The molecule has 0 saturated heterocycles. The van der Waals surface area contributed by atoms with Gasteiger partial charge in [-0.25, -0.2) is 34.3 Å². The molecule has 0 bridgehead atoms. The average Bonchev–Trinajstić information content (AvgIpc) is 2.87. The number of nitrogens with two attached hydrogens (primary N) is 4. The van der Waals surface area contributed by atoms with Crippen LogP contribution in [0, 0.1) is 0 Å². The Labute approximate surface area is 521 Å². The number of unbranched alkanes of at least 4 members (excludes halogenated alkanes) is 5. The van der Waals surface area contributed by atoms with E-state index in [0.29, 0.717) is 76.6 Å². The zero-order chi connectivity index (χ0) is 64.5. The van der Waals surface area contributed by atoms with Crippen LogP contribution in [0.15, 0.2) is 58.5 Å². The van der Waals surface area contributed by atoms with Gasteiger partial charge >= 0.3 is 24.2 Å². The number of carbonyl (C=O) groups excluding carboxylic acids is 6. The first-order valence-electron chi connectivity index (χ1n) is 28.6. The van der Waals surface area contributed by atoms with Gasteiger partial charge in [0.1, 0.15) is 55.0 Å². The van der Waals surface area contributed by atoms with Crippen molar-refractivity contribution in [3.63, 3.8) is 0 Å². The number of aryl methyl sites for hydroxylation is 2. The topological polar surface area (TPSA) is 405 Å². The van der Waals surface area contributed by atoms with E-state index in [1.165, 1.54) is 0 Å². The largest absolute Gasteiger partial charge is 0.491 e. The predicted octanol–water partition coefficient (Wildman–Crippen LogP) is 7.72. The van der Waals surface area contributed by atoms with Gasteiger partial charge in [0.05, 0.1) is 26.4 Å². The van der Waals surface area contributed by atoms with E-state index in [9.17, 15) is 28.8 Å². The lowest BCUT2D eigenvalue weighted by molar-refractivity contribution is -0.145. The predicted molar refractivity (Wildman–Crippen MR) is 331 cm³/mol. The summed E-state index contributed by atoms with van der Waals surface area (Å²) in [5, 5.41) is 9.79. The van der Waals surface area contributed by atoms with Crippen LogP contribution in [-0.4, -0.2) is 145 Å². The molecule has 30 heteroatoms. The average molecular weight is 1270 g/mol. The summed E-state index contributed by atoms with van der Waals surface area (Å²) in [5.41, 5.74) is 22.9. The fourth-order valence-electron chi connectivity index (χ4n) is 7.49. The smallest absolute Gasteiger partial charge is 0.435 e. The number of aromatic nitrogens is 4. The van der Waals surface area contributed by atoms with Gasteiger partial charge in [-0.1, -0.05) is 60.3 Å². The van der Waals surface area contributed by atoms with Gasteiger partial charge in [0, 0.05) is 25.9 Å². The van der Waals surface area contributed by atoms with E-state index < -0.39 is 41.3 Å². The van der Waals surface area contributed by atoms with Crippen LogP contribution in [-0.2, 0) is 46.1 Å². The Morgan fingerprint density at radius 2 is 1.00 bits per heavy atom. The maximum Gasteiger partial charge on any atom is 0.435 e. The highest BCUT2D eigenvalue weighted by molar-refractivity contribution is 6.32. The first-order chi connectivity index (χ1) is 41.8. The number of nitrogens with one attached hydrogen (secondary N) is 4. The maximum absolute atomic E-state index is 13.0. The molecule has 0 aliphatic rings. The Balaban J connectivity index is 0.953. The number of esters is 1. The zero-order valence-electron chi connectivity index (χ0n) is 50.6. The van der Waals surface area contributed by atoms with Crippen LogP contribution >= 0.6 is 23.2 Å². The summed E-state index contributed by atoms with van der Waals surface area (Å²) in [5.74, 6) is -1.34. The van der Waals surface area contributed by atoms with Crippen LogP contribution in [0.5, 0.6) is 11.5 Å². The minimum absolute atomic E-state index is 0.0721. The summed E-state index contributed by atoms with van der Waals surface area (Å²) < 4.78 is 43.7. The van der Waals surface area contributed by atoms with Gasteiger partial charge in [-0.05, 0) is 128 Å². The Bertz CT molecular complexity index is 2960. The van der Waals surface area contributed by atoms with Gasteiger partial charge in [0.15, 0.2) is 45.0 Å². The number of guanidine groups is 1. The molecule has 0 unspecified atom stereocenters. The highest BCUT2D eigenvalue weighted by Gasteiger charge is 2.23. The van der Waals surface area contributed by atoms with E-state index in [4.69, 9.17) is 84.0 Å². The van der Waals surface area contributed by atoms with Crippen molar-refractivity contribution in [2.75, 3.05) is 88.9 Å². The molecule has 2 aromatic heterocycles. The second-order valence-electron chi connectivity index (χ2n) is 21.4. The molecule has 4 aromatic rings. The van der Waals surface area contributed by atoms with Crippen LogP contribution < -0.4 is 53.7 Å². The second-order valence-corrected chi connectivity index (χ2v) is 22.1. The lowest BCUT2D eigenvalue weighted by atomic mass is 10.1. The van der Waals surface area contributed by atoms with Crippen molar-refractivity contribution in [3.8, 4) is 11.5 Å². The SMILES string of the molecule is CC(C)(C)OC(=O)N=C(CCCCCc1ccc(OCCOCCOC(=O)NCCCCCC(=O)OCCOCCOc2ccc(CCCCN=C(NC(=O)OC(C)(C)C)NC(=O)c3nc(Cl)c(N)nc3N)cc2)cc1)NC(=O)c1nc(Cl)c(N)nc1N. The first kappa shape index (κ1) is 72.1. The molecule has 0 atom stereocenters. The number of alkyl carbamates (subject to hydrolysis) is 2. The fourth-order valence-corrected chi connectivity index (χ4v) is 7.75. The van der Waals surface area contributed by atoms with Crippen molar-refractivity contribution in [1.29, 1.82) is 0 Å². The van der Waals surface area contributed by atoms with E-state index in [-0.39, 0.29) is 109 Å². The third-order valence-corrected chi connectivity index (χ3v) is 12.2. The summed E-state index contributed by atoms with van der Waals surface area (Å²) in [6.45, 7) is 12.7. The van der Waals surface area contributed by atoms with Crippen LogP contribution in [0.2, 0.25) is 10.3 Å². The number of nitrogen functional groups attached to an aromatic ring is 4. The Morgan fingerprint density at radius 1 is 0.511 bits per heavy atom. The van der Waals surface area contributed by atoms with Crippen molar-refractivity contribution < 1.29 is 66.7 Å². The van der Waals surface area contributed by atoms with Crippen LogP contribution in [0.1, 0.15) is 138 Å². The minimum atomic E-state index is -0.854. The number of nitrogens with zero attached hydrogens (tertiary/aromatic N) is 6. The standard InChI is InChI=1S/C58H82Cl2N14O14/c1-57(2,3)87-55(79)68-41(67-51(76)43-47(61)71-49(63)45(59)69-43)17-10-7-9-15-37-19-23-39(24-20-37)84-34-30-82-32-36-86-54(78)66-28-13-8-11-18-42(75)85-35-31-81-29-33-83-40-25-21-38(22-26-40)16-12-14-27-65-53(74-56(80)88-58(4,5)6)73-52(77)44-48(62)72-50(64)46(60)70-44/h19-26H,7-18,27-36H2,1-6H3,(H,66,78)(H4,61,63,71)(H4,62,64,72)(H,67,68,76,79)(H2,65,73,74,77,80). The number of benzene rings is 2. The zero-order valence-corrected chi connectivity index (χ0v) is 52.2. The summed E-state index contributed by atoms with van der Waals surface area (Å²) >= 11 is 11.9. The fraction of sp³-hybridized carbons (Fsp3) is 0.517. The van der Waals surface area contributed by atoms with Crippen molar-refractivity contribution in [2.24, 2.45) is 9.98 Å². The molecular weight excluding hydrogens is 1190 g/mol. The molecule has 28 nitrogen and oxygen atoms in total. The van der Waals surface area contributed by atoms with Crippen molar-refractivity contribution in [1.82, 2.24) is 41.2 Å². The van der Waals surface area contributed by atoms with E-state index >= 15 is 0 Å². The molecule has 0 spiro atoms. The number of aliphatic imine (C=N–C) groups is 2. The Hall–Kier alpha value is -8.34. The molecule has 12 N–H and O–H groups in total. The van der Waals surface area contributed by atoms with Gasteiger partial charge in [-0.3, -0.25) is 30.0 Å². The van der Waals surface area contributed by atoms with Crippen LogP contribution in [0.25, 0.3) is 0 Å². The first-order valence-corrected chi connectivity index (χ1v) is 29.4. The highest BCUT2D eigenvalue weighted by Crippen LogP contribution is 2.21. The summed E-state index contributed by atoms with van der Waals surface area (Å²) in [6, 6.07) is 15.3. The van der Waals surface area contributed by atoms with E-state index in [1.54, 1.807) is 41.5 Å². The molecule has 2 aromatic carbocycles. The molecule has 482 valence electrons. The number of anilines is 4. The number of amidine groups is 1. The number of carbonyl (C=O) groups is 6. The van der Waals surface area contributed by atoms with Gasteiger partial charge in [-0.15, -0.1) is 0 Å². The molecule has 0 saturated carbocycles. The quantitative estimate of drug-likeness (QED) is 0.00743. The third kappa shape index (κ3) is 30.3. The minimum Gasteiger partial charge on any atom is -0.491 e. The number of hydrogen-bond acceptors (Lipinski definition) is 23. The maximum atomic E-state index is 13.0. The monoisotopic (exact) mass is 1270 g/mol. The molecule has 0 aliphatic carbocycles. The van der Waals surface area contributed by atoms with Gasteiger partial charge in [0.25, 0.3) is 11.8 Å². The number of rotatable bonds is 33. The van der Waals surface area contributed by atoms with Gasteiger partial charge < -0.3 is 71.5 Å². The van der Waals surface area contributed by atoms with Gasteiger partial charge in [0.2, 0.25) is 5.96 Å². The molecular formula is C58H82Cl2N14O14. The molecule has 2 heterocycles. The van der Waals surface area contributed by atoms with E-state index in [0.717, 1.165) is 43.2 Å². The number of ether oxygens (including phenoxy) is 8. The lowest BCUT2D eigenvalue weighted by Crippen LogP contribution is -2.46. The number of halogens is 2. The number of amides is 5. The second kappa shape index (κ2) is 38.0. The molecule has 5 amide bonds. The summed E-state index contributed by atoms with van der Waals surface area (Å²) in [7, 11) is 0.